The van der Waals surface area contributed by atoms with Gasteiger partial charge in [0.2, 0.25) is 0 Å². The standard InChI is InChI=1S/C17H31N3O2S/c1-12(2)13(10-19-15(21)22-16(3,4)5)11-20-17(6,7)14-18-8-9-23-14/h8-9,12-13,20H,10-11H2,1-7H3,(H,19,21). The summed E-state index contributed by atoms with van der Waals surface area (Å²) in [6.07, 6.45) is 1.47. The topological polar surface area (TPSA) is 63.2 Å². The fourth-order valence-corrected chi connectivity index (χ4v) is 2.81. The van der Waals surface area contributed by atoms with Crippen LogP contribution in [0.1, 0.15) is 53.5 Å². The molecule has 132 valence electrons. The van der Waals surface area contributed by atoms with Crippen molar-refractivity contribution in [1.82, 2.24) is 15.6 Å². The van der Waals surface area contributed by atoms with Crippen LogP contribution in [0, 0.1) is 11.8 Å². The average molecular weight is 342 g/mol. The molecule has 0 spiro atoms. The summed E-state index contributed by atoms with van der Waals surface area (Å²) in [7, 11) is 0. The second-order valence-electron chi connectivity index (χ2n) is 7.73. The third kappa shape index (κ3) is 7.31. The van der Waals surface area contributed by atoms with Gasteiger partial charge in [0.15, 0.2) is 0 Å². The second kappa shape index (κ2) is 8.11. The molecule has 0 radical (unpaired) electrons. The molecule has 1 rings (SSSR count). The van der Waals surface area contributed by atoms with E-state index < -0.39 is 5.60 Å². The van der Waals surface area contributed by atoms with Crippen LogP contribution in [0.15, 0.2) is 11.6 Å². The Balaban J connectivity index is 2.51. The van der Waals surface area contributed by atoms with Crippen molar-refractivity contribution in [3.8, 4) is 0 Å². The summed E-state index contributed by atoms with van der Waals surface area (Å²) >= 11 is 1.65. The second-order valence-corrected chi connectivity index (χ2v) is 8.62. The lowest BCUT2D eigenvalue weighted by Crippen LogP contribution is -2.44. The summed E-state index contributed by atoms with van der Waals surface area (Å²) in [5.41, 5.74) is -0.643. The van der Waals surface area contributed by atoms with Crippen LogP contribution in [0.3, 0.4) is 0 Å². The van der Waals surface area contributed by atoms with Gasteiger partial charge >= 0.3 is 6.09 Å². The fourth-order valence-electron chi connectivity index (χ4n) is 2.07. The normalized spacial score (nSPS) is 13.9. The van der Waals surface area contributed by atoms with Crippen molar-refractivity contribution in [1.29, 1.82) is 0 Å². The fraction of sp³-hybridized carbons (Fsp3) is 0.765. The maximum Gasteiger partial charge on any atom is 0.407 e. The molecule has 0 aliphatic carbocycles. The minimum Gasteiger partial charge on any atom is -0.444 e. The average Bonchev–Trinajstić information content (AvgIpc) is 2.90. The predicted molar refractivity (Wildman–Crippen MR) is 95.7 cm³/mol. The van der Waals surface area contributed by atoms with Crippen LogP contribution in [0.2, 0.25) is 0 Å². The van der Waals surface area contributed by atoms with Crippen molar-refractivity contribution in [2.75, 3.05) is 13.1 Å². The lowest BCUT2D eigenvalue weighted by atomic mass is 9.94. The zero-order chi connectivity index (χ0) is 17.7. The van der Waals surface area contributed by atoms with Crippen molar-refractivity contribution in [3.63, 3.8) is 0 Å². The molecule has 1 aromatic rings. The highest BCUT2D eigenvalue weighted by Gasteiger charge is 2.25. The monoisotopic (exact) mass is 341 g/mol. The molecule has 1 aromatic heterocycles. The van der Waals surface area contributed by atoms with Gasteiger partial charge in [0, 0.05) is 24.7 Å². The van der Waals surface area contributed by atoms with Crippen molar-refractivity contribution < 1.29 is 9.53 Å². The first-order valence-corrected chi connectivity index (χ1v) is 9.01. The largest absolute Gasteiger partial charge is 0.444 e. The highest BCUT2D eigenvalue weighted by Crippen LogP contribution is 2.23. The van der Waals surface area contributed by atoms with Gasteiger partial charge in [0.1, 0.15) is 10.6 Å². The van der Waals surface area contributed by atoms with Gasteiger partial charge in [-0.15, -0.1) is 11.3 Å². The Morgan fingerprint density at radius 1 is 1.26 bits per heavy atom. The molecular formula is C17H31N3O2S. The number of aromatic nitrogens is 1. The number of carbonyl (C=O) groups excluding carboxylic acids is 1. The molecule has 23 heavy (non-hydrogen) atoms. The Bertz CT molecular complexity index is 479. The number of thiazole rings is 1. The van der Waals surface area contributed by atoms with E-state index in [0.29, 0.717) is 18.4 Å². The van der Waals surface area contributed by atoms with Crippen molar-refractivity contribution in [3.05, 3.63) is 16.6 Å². The van der Waals surface area contributed by atoms with E-state index in [1.54, 1.807) is 11.3 Å². The van der Waals surface area contributed by atoms with Gasteiger partial charge in [-0.25, -0.2) is 9.78 Å². The summed E-state index contributed by atoms with van der Waals surface area (Å²) < 4.78 is 5.29. The number of hydrogen-bond acceptors (Lipinski definition) is 5. The van der Waals surface area contributed by atoms with Gasteiger partial charge in [0.05, 0.1) is 5.54 Å². The van der Waals surface area contributed by atoms with Crippen LogP contribution in [-0.4, -0.2) is 29.8 Å². The predicted octanol–water partition coefficient (Wildman–Crippen LogP) is 3.76. The van der Waals surface area contributed by atoms with Crippen molar-refractivity contribution >= 4 is 17.4 Å². The highest BCUT2D eigenvalue weighted by atomic mass is 32.1. The minimum atomic E-state index is -0.470. The quantitative estimate of drug-likeness (QED) is 0.792. The van der Waals surface area contributed by atoms with E-state index >= 15 is 0 Å². The number of nitrogens with one attached hydrogen (secondary N) is 2. The maximum atomic E-state index is 11.8. The van der Waals surface area contributed by atoms with Gasteiger partial charge in [-0.1, -0.05) is 13.8 Å². The molecule has 0 saturated heterocycles. The molecule has 6 heteroatoms. The van der Waals surface area contributed by atoms with Gasteiger partial charge < -0.3 is 15.4 Å². The van der Waals surface area contributed by atoms with Crippen LogP contribution in [0.25, 0.3) is 0 Å². The maximum absolute atomic E-state index is 11.8. The molecular weight excluding hydrogens is 310 g/mol. The molecule has 0 fully saturated rings. The van der Waals surface area contributed by atoms with E-state index in [9.17, 15) is 4.79 Å². The summed E-state index contributed by atoms with van der Waals surface area (Å²) in [5, 5.41) is 9.51. The Morgan fingerprint density at radius 2 is 1.91 bits per heavy atom. The van der Waals surface area contributed by atoms with Crippen LogP contribution in [-0.2, 0) is 10.3 Å². The van der Waals surface area contributed by atoms with E-state index in [-0.39, 0.29) is 11.6 Å². The lowest BCUT2D eigenvalue weighted by molar-refractivity contribution is 0.0514. The SMILES string of the molecule is CC(C)C(CNC(=O)OC(C)(C)C)CNC(C)(C)c1nccs1. The van der Waals surface area contributed by atoms with Gasteiger partial charge in [-0.05, 0) is 46.5 Å². The third-order valence-electron chi connectivity index (χ3n) is 3.62. The number of hydrogen-bond donors (Lipinski definition) is 2. The minimum absolute atomic E-state index is 0.173. The number of ether oxygens (including phenoxy) is 1. The summed E-state index contributed by atoms with van der Waals surface area (Å²) in [6, 6.07) is 0. The number of nitrogens with zero attached hydrogens (tertiary/aromatic N) is 1. The van der Waals surface area contributed by atoms with E-state index in [4.69, 9.17) is 4.74 Å². The van der Waals surface area contributed by atoms with E-state index in [2.05, 4.69) is 43.3 Å². The molecule has 5 nitrogen and oxygen atoms in total. The van der Waals surface area contributed by atoms with E-state index in [1.807, 2.05) is 32.3 Å². The van der Waals surface area contributed by atoms with Crippen molar-refractivity contribution in [2.45, 2.75) is 59.6 Å². The van der Waals surface area contributed by atoms with Gasteiger partial charge in [-0.2, -0.15) is 0 Å². The number of carbonyl (C=O) groups is 1. The Morgan fingerprint density at radius 3 is 2.39 bits per heavy atom. The van der Waals surface area contributed by atoms with Crippen LogP contribution in [0.4, 0.5) is 4.79 Å². The zero-order valence-corrected chi connectivity index (χ0v) is 16.2. The Hall–Kier alpha value is -1.14. The van der Waals surface area contributed by atoms with E-state index in [1.165, 1.54) is 0 Å². The first-order valence-electron chi connectivity index (χ1n) is 8.13. The van der Waals surface area contributed by atoms with Crippen LogP contribution in [0.5, 0.6) is 0 Å². The molecule has 0 aromatic carbocycles. The Kier molecular flexibility index (Phi) is 7.02. The first kappa shape index (κ1) is 19.9. The van der Waals surface area contributed by atoms with Gasteiger partial charge in [-0.3, -0.25) is 0 Å². The third-order valence-corrected chi connectivity index (χ3v) is 4.72. The Labute approximate surface area is 144 Å². The van der Waals surface area contributed by atoms with Gasteiger partial charge in [0.25, 0.3) is 0 Å². The molecule has 1 unspecified atom stereocenters. The lowest BCUT2D eigenvalue weighted by Gasteiger charge is -2.29. The van der Waals surface area contributed by atoms with E-state index in [0.717, 1.165) is 11.6 Å². The number of alkyl carbamates (subject to hydrolysis) is 1. The summed E-state index contributed by atoms with van der Waals surface area (Å²) in [6.45, 7) is 15.6. The zero-order valence-electron chi connectivity index (χ0n) is 15.4. The molecule has 0 aliphatic heterocycles. The smallest absolute Gasteiger partial charge is 0.407 e. The molecule has 1 atom stereocenters. The number of rotatable bonds is 7. The first-order chi connectivity index (χ1) is 10.5. The molecule has 1 heterocycles. The van der Waals surface area contributed by atoms with Crippen LogP contribution >= 0.6 is 11.3 Å². The molecule has 2 N–H and O–H groups in total. The molecule has 0 bridgehead atoms. The van der Waals surface area contributed by atoms with Crippen LogP contribution < -0.4 is 10.6 Å². The highest BCUT2D eigenvalue weighted by molar-refractivity contribution is 7.09. The number of amides is 1. The molecule has 0 aliphatic rings. The summed E-state index contributed by atoms with van der Waals surface area (Å²) in [4.78, 5) is 16.2. The van der Waals surface area contributed by atoms with Crippen molar-refractivity contribution in [2.24, 2.45) is 11.8 Å². The molecule has 0 saturated carbocycles. The summed E-state index contributed by atoms with van der Waals surface area (Å²) in [5.74, 6) is 0.770. The molecule has 1 amide bonds.